The lowest BCUT2D eigenvalue weighted by atomic mass is 10.0. The molecule has 0 radical (unpaired) electrons. The Morgan fingerprint density at radius 2 is 0.688 bits per heavy atom. The van der Waals surface area contributed by atoms with E-state index in [4.69, 9.17) is 57.3 Å². The smallest absolute Gasteiger partial charge is 0.326 e. The number of carbonyl (C=O) groups excluding carboxylic acids is 11. The molecule has 4 aromatic rings. The summed E-state index contributed by atoms with van der Waals surface area (Å²) >= 11 is 0. The number of hydrogen-bond acceptors (Lipinski definition) is 19. The van der Waals surface area contributed by atoms with Crippen LogP contribution >= 0.6 is 0 Å². The van der Waals surface area contributed by atoms with Crippen molar-refractivity contribution in [3.05, 3.63) is 72.1 Å². The number of aliphatic hydroxyl groups excluding tert-OH is 1. The molecule has 41 nitrogen and oxygen atoms in total. The van der Waals surface area contributed by atoms with Crippen molar-refractivity contribution in [2.45, 2.75) is 198 Å². The average molecular weight is 1570 g/mol. The minimum Gasteiger partial charge on any atom is -0.480 e. The van der Waals surface area contributed by atoms with Gasteiger partial charge in [0.25, 0.3) is 0 Å². The van der Waals surface area contributed by atoms with Gasteiger partial charge in [0.05, 0.1) is 12.6 Å². The zero-order chi connectivity index (χ0) is 83.3. The topological polar surface area (TPSA) is 719 Å². The fourth-order valence-electron chi connectivity index (χ4n) is 11.8. The summed E-state index contributed by atoms with van der Waals surface area (Å²) in [5.41, 5.74) is 58.6. The Balaban J connectivity index is 1.60. The maximum atomic E-state index is 15.0. The maximum Gasteiger partial charge on any atom is 0.326 e. The largest absolute Gasteiger partial charge is 0.480 e. The van der Waals surface area contributed by atoms with Crippen molar-refractivity contribution in [1.29, 1.82) is 0 Å². The standard InChI is InChI=1S/C71H115N27O14/c1-36(2)54(64(108)88-38(5)57(101)90-48(24-15-29-84-70(78)79)60(104)96-55(37(3)4)65(109)93-47(23-14-28-83-69(76)77)59(103)94-50(67(111)112)21-11-12-26-72)97-66(110)56(39(6)99)98-61(105)49(25-16-30-85-71(80)81)91-58(102)46(22-13-27-82-68(74)75)92-63(107)52(32-41-35-87-45-20-10-8-18-43(41)45)95-62(106)51(89-53(100)33-73)31-40-34-86-44-19-9-7-17-42(40)44/h7-10,17-20,34-39,46-52,54-56,86-87,99H,11-16,21-33,72-73H2,1-6H3,(H,88,108)(H,89,100)(H,90,101)(H,91,102)(H,92,107)(H,93,109)(H,94,103)(H,95,106)(H,96,104)(H,97,110)(H,98,105)(H,111,112)(H4,74,75,82)(H4,76,77,83)(H4,78,79,84)(H4,80,81,85)/t38-,39+,46-,47-,48-,49-,50-,51-,52-,54-,55-,56-/m0/s1. The SMILES string of the molecule is CC(C)[C@H](NC(=O)[C@H](CCCN=C(N)N)NC(=O)[C@H](C)NC(=O)[C@@H](NC(=O)[C@@H](NC(=O)[C@H](CCCN=C(N)N)NC(=O)[C@H](CCCN=C(N)N)NC(=O)[C@H](Cc1c[nH]c2ccccc12)NC(=O)[C@H](Cc1c[nH]c2ccccc12)NC(=O)CN)[C@@H](C)O)C(C)C)C(=O)N[C@@H](CCCN=C(N)N)C(=O)N[C@@H](CCCCN)C(=O)O. The number of aliphatic carboxylic acids is 1. The van der Waals surface area contributed by atoms with Gasteiger partial charge >= 0.3 is 5.97 Å². The number of guanidine groups is 4. The summed E-state index contributed by atoms with van der Waals surface area (Å²) in [4.78, 5) is 191. The Morgan fingerprint density at radius 3 is 1.06 bits per heavy atom. The number of benzene rings is 2. The predicted molar refractivity (Wildman–Crippen MR) is 422 cm³/mol. The molecule has 41 heteroatoms. The number of nitrogens with zero attached hydrogens (tertiary/aromatic N) is 4. The van der Waals surface area contributed by atoms with Gasteiger partial charge in [-0.3, -0.25) is 72.7 Å². The summed E-state index contributed by atoms with van der Waals surface area (Å²) in [7, 11) is 0. The molecule has 0 fully saturated rings. The summed E-state index contributed by atoms with van der Waals surface area (Å²) < 4.78 is 0. The third kappa shape index (κ3) is 31.6. The van der Waals surface area contributed by atoms with E-state index in [9.17, 15) is 67.7 Å². The van der Waals surface area contributed by atoms with Crippen molar-refractivity contribution in [3.8, 4) is 0 Å². The summed E-state index contributed by atoms with van der Waals surface area (Å²) in [5, 5.41) is 51.2. The number of para-hydroxylation sites is 2. The molecule has 0 spiro atoms. The van der Waals surface area contributed by atoms with E-state index in [0.29, 0.717) is 34.9 Å². The molecule has 0 aliphatic carbocycles. The molecule has 35 N–H and O–H groups in total. The molecule has 0 saturated carbocycles. The van der Waals surface area contributed by atoms with Crippen LogP contribution in [0.4, 0.5) is 0 Å². The van der Waals surface area contributed by atoms with Gasteiger partial charge < -0.3 is 136 Å². The van der Waals surface area contributed by atoms with E-state index in [2.05, 4.69) is 88.4 Å². The molecule has 12 atom stereocenters. The molecule has 2 heterocycles. The van der Waals surface area contributed by atoms with E-state index in [1.54, 1.807) is 58.3 Å². The molecule has 112 heavy (non-hydrogen) atoms. The number of H-pyrrole nitrogens is 2. The van der Waals surface area contributed by atoms with Gasteiger partial charge in [0.1, 0.15) is 66.5 Å². The first-order valence-electron chi connectivity index (χ1n) is 37.0. The van der Waals surface area contributed by atoms with Crippen LogP contribution in [0.2, 0.25) is 0 Å². The number of fused-ring (bicyclic) bond motifs is 2. The number of rotatable bonds is 50. The fraction of sp³-hybridized carbons (Fsp3) is 0.549. The van der Waals surface area contributed by atoms with Crippen LogP contribution in [-0.4, -0.2) is 227 Å². The average Bonchev–Trinajstić information content (AvgIpc) is 1.78. The highest BCUT2D eigenvalue weighted by atomic mass is 16.4. The molecule has 0 aliphatic rings. The van der Waals surface area contributed by atoms with Crippen molar-refractivity contribution in [2.75, 3.05) is 39.3 Å². The molecule has 2 aromatic heterocycles. The summed E-state index contributed by atoms with van der Waals surface area (Å²) in [5.74, 6) is -13.7. The highest BCUT2D eigenvalue weighted by Gasteiger charge is 2.38. The van der Waals surface area contributed by atoms with Crippen LogP contribution in [0, 0.1) is 11.8 Å². The number of aromatic nitrogens is 2. The Morgan fingerprint density at radius 1 is 0.375 bits per heavy atom. The molecule has 4 rings (SSSR count). The number of carboxylic acids is 1. The van der Waals surface area contributed by atoms with Gasteiger partial charge in [0, 0.05) is 73.2 Å². The molecule has 11 amide bonds. The number of amides is 11. The minimum absolute atomic E-state index is 0.0149. The van der Waals surface area contributed by atoms with Crippen LogP contribution in [0.1, 0.15) is 123 Å². The van der Waals surface area contributed by atoms with Gasteiger partial charge in [-0.15, -0.1) is 0 Å². The van der Waals surface area contributed by atoms with Gasteiger partial charge in [-0.05, 0) is 126 Å². The Kier molecular flexibility index (Phi) is 39.0. The van der Waals surface area contributed by atoms with Crippen molar-refractivity contribution < 1.29 is 67.7 Å². The van der Waals surface area contributed by atoms with Crippen LogP contribution in [0.5, 0.6) is 0 Å². The van der Waals surface area contributed by atoms with Gasteiger partial charge in [0.2, 0.25) is 65.0 Å². The van der Waals surface area contributed by atoms with Gasteiger partial charge in [-0.1, -0.05) is 64.1 Å². The lowest BCUT2D eigenvalue weighted by Crippen LogP contribution is -2.62. The Labute approximate surface area is 648 Å². The predicted octanol–water partition coefficient (Wildman–Crippen LogP) is -6.13. The third-order valence-corrected chi connectivity index (χ3v) is 17.9. The highest BCUT2D eigenvalue weighted by Crippen LogP contribution is 2.22. The lowest BCUT2D eigenvalue weighted by Gasteiger charge is -2.30. The third-order valence-electron chi connectivity index (χ3n) is 17.9. The van der Waals surface area contributed by atoms with Gasteiger partial charge in [0.15, 0.2) is 23.8 Å². The number of carbonyl (C=O) groups is 12. The van der Waals surface area contributed by atoms with Crippen LogP contribution in [0.25, 0.3) is 21.8 Å². The Hall–Kier alpha value is -11.9. The lowest BCUT2D eigenvalue weighted by molar-refractivity contribution is -0.142. The first-order chi connectivity index (χ1) is 53.0. The van der Waals surface area contributed by atoms with Crippen LogP contribution in [0.3, 0.4) is 0 Å². The van der Waals surface area contributed by atoms with E-state index < -0.39 is 162 Å². The van der Waals surface area contributed by atoms with E-state index in [-0.39, 0.29) is 127 Å². The molecular formula is C71H115N27O14. The second-order valence-corrected chi connectivity index (χ2v) is 27.7. The summed E-state index contributed by atoms with van der Waals surface area (Å²) in [6.45, 7) is 8.45. The van der Waals surface area contributed by atoms with Crippen LogP contribution < -0.4 is 116 Å². The normalized spacial score (nSPS) is 14.4. The molecule has 2 aromatic carbocycles. The van der Waals surface area contributed by atoms with Crippen molar-refractivity contribution in [3.63, 3.8) is 0 Å². The monoisotopic (exact) mass is 1570 g/mol. The van der Waals surface area contributed by atoms with Crippen molar-refractivity contribution in [1.82, 2.24) is 68.5 Å². The highest BCUT2D eigenvalue weighted by molar-refractivity contribution is 6.00. The number of carboxylic acid groups (broad SMARTS) is 1. The van der Waals surface area contributed by atoms with Gasteiger partial charge in [-0.25, -0.2) is 4.79 Å². The second-order valence-electron chi connectivity index (χ2n) is 27.7. The number of nitrogens with two attached hydrogens (primary N) is 10. The number of aliphatic imine (C=N–C) groups is 4. The van der Waals surface area contributed by atoms with Crippen LogP contribution in [0.15, 0.2) is 80.9 Å². The van der Waals surface area contributed by atoms with E-state index >= 15 is 0 Å². The fourth-order valence-corrected chi connectivity index (χ4v) is 11.8. The molecule has 0 aliphatic heterocycles. The molecule has 618 valence electrons. The van der Waals surface area contributed by atoms with Crippen molar-refractivity contribution in [2.24, 2.45) is 89.1 Å². The number of aliphatic hydroxyl groups is 1. The maximum absolute atomic E-state index is 15.0. The first kappa shape index (κ1) is 92.5. The Bertz CT molecular complexity index is 3930. The number of hydrogen-bond donors (Lipinski definition) is 25. The minimum atomic E-state index is -1.85. The summed E-state index contributed by atoms with van der Waals surface area (Å²) in [6, 6.07) is -1.63. The summed E-state index contributed by atoms with van der Waals surface area (Å²) in [6.07, 6.45) is 2.05. The number of unbranched alkanes of at least 4 members (excludes halogenated alkanes) is 1. The molecular weight excluding hydrogens is 1450 g/mol. The first-order valence-corrected chi connectivity index (χ1v) is 37.0. The number of aromatic amines is 2. The number of nitrogens with one attached hydrogen (secondary N) is 13. The quantitative estimate of drug-likeness (QED) is 0.0111. The van der Waals surface area contributed by atoms with Gasteiger partial charge in [-0.2, -0.15) is 0 Å². The van der Waals surface area contributed by atoms with E-state index in [1.807, 2.05) is 30.3 Å². The van der Waals surface area contributed by atoms with E-state index in [0.717, 1.165) is 17.8 Å². The molecule has 0 unspecified atom stereocenters. The van der Waals surface area contributed by atoms with E-state index in [1.165, 1.54) is 6.92 Å². The zero-order valence-electron chi connectivity index (χ0n) is 64.1. The van der Waals surface area contributed by atoms with Crippen molar-refractivity contribution >= 4 is 117 Å². The second kappa shape index (κ2) is 47.2. The molecule has 0 bridgehead atoms. The van der Waals surface area contributed by atoms with Crippen LogP contribution in [-0.2, 0) is 70.4 Å². The molecule has 0 saturated heterocycles. The zero-order valence-corrected chi connectivity index (χ0v) is 64.1.